The lowest BCUT2D eigenvalue weighted by Gasteiger charge is -2.26. The standard InChI is InChI=1S/C10H20N2O5S/c1-4-5-12(8-9(13)14)10(15)11(2)6-7-18(3,16)17/h4-8H2,1-3H3,(H,13,14). The largest absolute Gasteiger partial charge is 0.480 e. The van der Waals surface area contributed by atoms with E-state index in [0.29, 0.717) is 13.0 Å². The normalized spacial score (nSPS) is 11.1. The zero-order chi connectivity index (χ0) is 14.3. The number of nitrogens with zero attached hydrogens (tertiary/aromatic N) is 2. The molecule has 0 rings (SSSR count). The Morgan fingerprint density at radius 2 is 1.78 bits per heavy atom. The van der Waals surface area contributed by atoms with E-state index in [0.717, 1.165) is 6.26 Å². The minimum Gasteiger partial charge on any atom is -0.480 e. The van der Waals surface area contributed by atoms with Crippen molar-refractivity contribution in [2.75, 3.05) is 38.7 Å². The number of carbonyl (C=O) groups excluding carboxylic acids is 1. The summed E-state index contributed by atoms with van der Waals surface area (Å²) in [6.07, 6.45) is 1.73. The Hall–Kier alpha value is -1.31. The monoisotopic (exact) mass is 280 g/mol. The van der Waals surface area contributed by atoms with Crippen molar-refractivity contribution >= 4 is 21.8 Å². The molecule has 0 heterocycles. The van der Waals surface area contributed by atoms with Crippen molar-refractivity contribution in [1.29, 1.82) is 0 Å². The van der Waals surface area contributed by atoms with Crippen molar-refractivity contribution in [2.45, 2.75) is 13.3 Å². The Kier molecular flexibility index (Phi) is 6.67. The molecule has 7 nitrogen and oxygen atoms in total. The maximum atomic E-state index is 11.9. The lowest BCUT2D eigenvalue weighted by molar-refractivity contribution is -0.137. The minimum absolute atomic E-state index is 0.0531. The fourth-order valence-corrected chi connectivity index (χ4v) is 1.92. The van der Waals surface area contributed by atoms with Crippen molar-refractivity contribution in [2.24, 2.45) is 0 Å². The molecule has 106 valence electrons. The zero-order valence-electron chi connectivity index (χ0n) is 10.9. The minimum atomic E-state index is -3.14. The Morgan fingerprint density at radius 1 is 1.22 bits per heavy atom. The van der Waals surface area contributed by atoms with Crippen molar-refractivity contribution in [3.63, 3.8) is 0 Å². The maximum Gasteiger partial charge on any atom is 0.323 e. The van der Waals surface area contributed by atoms with E-state index in [9.17, 15) is 18.0 Å². The van der Waals surface area contributed by atoms with Crippen LogP contribution in [0, 0.1) is 0 Å². The van der Waals surface area contributed by atoms with Gasteiger partial charge in [0.05, 0.1) is 5.75 Å². The van der Waals surface area contributed by atoms with Gasteiger partial charge in [-0.3, -0.25) is 4.79 Å². The molecule has 0 fully saturated rings. The summed E-state index contributed by atoms with van der Waals surface area (Å²) < 4.78 is 22.0. The van der Waals surface area contributed by atoms with Gasteiger partial charge in [-0.25, -0.2) is 13.2 Å². The highest BCUT2D eigenvalue weighted by Crippen LogP contribution is 1.99. The number of hydrogen-bond donors (Lipinski definition) is 1. The van der Waals surface area contributed by atoms with Crippen LogP contribution in [0.2, 0.25) is 0 Å². The number of aliphatic carboxylic acids is 1. The predicted molar refractivity (Wildman–Crippen MR) is 67.2 cm³/mol. The molecule has 0 aliphatic carbocycles. The van der Waals surface area contributed by atoms with E-state index < -0.39 is 21.8 Å². The summed E-state index contributed by atoms with van der Waals surface area (Å²) in [7, 11) is -1.69. The van der Waals surface area contributed by atoms with Gasteiger partial charge in [0.15, 0.2) is 0 Å². The molecule has 0 saturated heterocycles. The molecule has 0 spiro atoms. The van der Waals surface area contributed by atoms with Crippen LogP contribution in [0.4, 0.5) is 4.79 Å². The number of carboxylic acids is 1. The van der Waals surface area contributed by atoms with Gasteiger partial charge in [0.25, 0.3) is 0 Å². The van der Waals surface area contributed by atoms with Crippen LogP contribution in [0.15, 0.2) is 0 Å². The van der Waals surface area contributed by atoms with E-state index >= 15 is 0 Å². The second-order valence-electron chi connectivity index (χ2n) is 4.15. The van der Waals surface area contributed by atoms with Gasteiger partial charge in [-0.2, -0.15) is 0 Å². The van der Waals surface area contributed by atoms with Crippen molar-refractivity contribution in [3.05, 3.63) is 0 Å². The Bertz CT molecular complexity index is 393. The number of sulfone groups is 1. The first-order valence-corrected chi connectivity index (χ1v) is 7.63. The molecule has 8 heteroatoms. The van der Waals surface area contributed by atoms with Crippen LogP contribution in [0.5, 0.6) is 0 Å². The van der Waals surface area contributed by atoms with E-state index in [1.54, 1.807) is 0 Å². The average Bonchev–Trinajstić information content (AvgIpc) is 2.22. The highest BCUT2D eigenvalue weighted by atomic mass is 32.2. The summed E-state index contributed by atoms with van der Waals surface area (Å²) in [6.45, 7) is 1.83. The number of hydrogen-bond acceptors (Lipinski definition) is 4. The fraction of sp³-hybridized carbons (Fsp3) is 0.800. The molecule has 2 amide bonds. The summed E-state index contributed by atoms with van der Waals surface area (Å²) in [5.74, 6) is -1.23. The number of amides is 2. The molecule has 0 saturated carbocycles. The number of urea groups is 1. The Balaban J connectivity index is 4.50. The Morgan fingerprint density at radius 3 is 2.17 bits per heavy atom. The third-order valence-electron chi connectivity index (χ3n) is 2.21. The van der Waals surface area contributed by atoms with E-state index in [2.05, 4.69) is 0 Å². The lowest BCUT2D eigenvalue weighted by atomic mass is 10.4. The molecule has 0 aromatic heterocycles. The summed E-state index contributed by atoms with van der Waals surface area (Å²) in [6, 6.07) is -0.470. The van der Waals surface area contributed by atoms with E-state index in [1.807, 2.05) is 6.92 Å². The zero-order valence-corrected chi connectivity index (χ0v) is 11.7. The van der Waals surface area contributed by atoms with Gasteiger partial charge in [0.1, 0.15) is 16.4 Å². The van der Waals surface area contributed by atoms with Gasteiger partial charge < -0.3 is 14.9 Å². The third kappa shape index (κ3) is 7.10. The molecular formula is C10H20N2O5S. The summed E-state index contributed by atoms with van der Waals surface area (Å²) in [5, 5.41) is 8.69. The van der Waals surface area contributed by atoms with E-state index in [-0.39, 0.29) is 18.8 Å². The molecule has 18 heavy (non-hydrogen) atoms. The number of rotatable bonds is 7. The highest BCUT2D eigenvalue weighted by Gasteiger charge is 2.20. The Labute approximate surface area is 107 Å². The van der Waals surface area contributed by atoms with Gasteiger partial charge >= 0.3 is 12.0 Å². The molecule has 0 aliphatic rings. The molecule has 0 aromatic carbocycles. The second-order valence-corrected chi connectivity index (χ2v) is 6.41. The van der Waals surface area contributed by atoms with Gasteiger partial charge in [-0.05, 0) is 6.42 Å². The van der Waals surface area contributed by atoms with Crippen LogP contribution in [-0.2, 0) is 14.6 Å². The first-order chi connectivity index (χ1) is 8.17. The molecule has 0 bridgehead atoms. The quantitative estimate of drug-likeness (QED) is 0.701. The lowest BCUT2D eigenvalue weighted by Crippen LogP contribution is -2.45. The average molecular weight is 280 g/mol. The van der Waals surface area contributed by atoms with E-state index in [4.69, 9.17) is 5.11 Å². The van der Waals surface area contributed by atoms with Crippen molar-refractivity contribution in [3.8, 4) is 0 Å². The molecule has 1 N–H and O–H groups in total. The summed E-state index contributed by atoms with van der Waals surface area (Å²) in [4.78, 5) is 24.9. The topological polar surface area (TPSA) is 95.0 Å². The van der Waals surface area contributed by atoms with Crippen LogP contribution in [0.1, 0.15) is 13.3 Å². The molecule has 0 radical (unpaired) electrons. The highest BCUT2D eigenvalue weighted by molar-refractivity contribution is 7.90. The summed E-state index contributed by atoms with van der Waals surface area (Å²) in [5.41, 5.74) is 0. The fourth-order valence-electron chi connectivity index (χ4n) is 1.32. The van der Waals surface area contributed by atoms with Crippen LogP contribution in [-0.4, -0.2) is 74.0 Å². The van der Waals surface area contributed by atoms with Gasteiger partial charge in [-0.15, -0.1) is 0 Å². The van der Waals surface area contributed by atoms with Gasteiger partial charge in [0, 0.05) is 26.4 Å². The number of carbonyl (C=O) groups is 2. The maximum absolute atomic E-state index is 11.9. The molecule has 0 atom stereocenters. The van der Waals surface area contributed by atoms with Crippen LogP contribution < -0.4 is 0 Å². The van der Waals surface area contributed by atoms with Crippen molar-refractivity contribution < 1.29 is 23.1 Å². The third-order valence-corrected chi connectivity index (χ3v) is 3.14. The van der Waals surface area contributed by atoms with Crippen LogP contribution in [0.3, 0.4) is 0 Å². The predicted octanol–water partition coefficient (Wildman–Crippen LogP) is -0.121. The first kappa shape index (κ1) is 16.7. The molecule has 0 unspecified atom stereocenters. The number of carboxylic acid groups (broad SMARTS) is 1. The van der Waals surface area contributed by atoms with Crippen LogP contribution in [0.25, 0.3) is 0 Å². The molecular weight excluding hydrogens is 260 g/mol. The first-order valence-electron chi connectivity index (χ1n) is 5.57. The van der Waals surface area contributed by atoms with Gasteiger partial charge in [0.2, 0.25) is 0 Å². The van der Waals surface area contributed by atoms with E-state index in [1.165, 1.54) is 16.8 Å². The van der Waals surface area contributed by atoms with Crippen LogP contribution >= 0.6 is 0 Å². The van der Waals surface area contributed by atoms with Crippen molar-refractivity contribution in [1.82, 2.24) is 9.80 Å². The summed E-state index contributed by atoms with van der Waals surface area (Å²) >= 11 is 0. The smallest absolute Gasteiger partial charge is 0.323 e. The van der Waals surface area contributed by atoms with Gasteiger partial charge in [-0.1, -0.05) is 6.92 Å². The second kappa shape index (κ2) is 7.20. The molecule has 0 aliphatic heterocycles. The SMILES string of the molecule is CCCN(CC(=O)O)C(=O)N(C)CCS(C)(=O)=O. The molecule has 0 aromatic rings.